The largest absolute Gasteiger partial charge is 0.508 e. The van der Waals surface area contributed by atoms with Gasteiger partial charge in [-0.3, -0.25) is 4.90 Å². The third kappa shape index (κ3) is 3.15. The Morgan fingerprint density at radius 3 is 2.50 bits per heavy atom. The zero-order valence-corrected chi connectivity index (χ0v) is 15.5. The van der Waals surface area contributed by atoms with Crippen LogP contribution < -0.4 is 0 Å². The van der Waals surface area contributed by atoms with E-state index >= 15 is 0 Å². The molecule has 0 aliphatic carbocycles. The maximum atomic E-state index is 10.1. The number of rotatable bonds is 3. The van der Waals surface area contributed by atoms with Crippen LogP contribution in [0.5, 0.6) is 5.75 Å². The molecule has 1 N–H and O–H groups in total. The summed E-state index contributed by atoms with van der Waals surface area (Å²) in [5.74, 6) is 0.330. The topological polar surface area (TPSA) is 28.4 Å². The first-order valence-corrected chi connectivity index (χ1v) is 9.36. The zero-order valence-electron chi connectivity index (χ0n) is 15.5. The van der Waals surface area contributed by atoms with E-state index in [0.29, 0.717) is 5.75 Å². The molecule has 1 aliphatic heterocycles. The summed E-state index contributed by atoms with van der Waals surface area (Å²) in [5, 5.41) is 10.1. The van der Waals surface area contributed by atoms with Crippen LogP contribution >= 0.6 is 0 Å². The van der Waals surface area contributed by atoms with Crippen LogP contribution in [0.15, 0.2) is 60.8 Å². The van der Waals surface area contributed by atoms with Gasteiger partial charge in [-0.05, 0) is 66.8 Å². The van der Waals surface area contributed by atoms with Crippen molar-refractivity contribution in [3.8, 4) is 5.75 Å². The first kappa shape index (κ1) is 16.9. The van der Waals surface area contributed by atoms with Gasteiger partial charge in [-0.1, -0.05) is 30.3 Å². The molecule has 26 heavy (non-hydrogen) atoms. The quantitative estimate of drug-likeness (QED) is 0.737. The molecule has 3 nitrogen and oxygen atoms in total. The molecule has 1 atom stereocenters. The molecular formula is C23H26N2O. The van der Waals surface area contributed by atoms with Gasteiger partial charge in [0.25, 0.3) is 0 Å². The number of aryl methyl sites for hydroxylation is 3. The summed E-state index contributed by atoms with van der Waals surface area (Å²) in [5.41, 5.74) is 6.56. The lowest BCUT2D eigenvalue weighted by atomic mass is 9.98. The highest BCUT2D eigenvalue weighted by molar-refractivity contribution is 5.37. The van der Waals surface area contributed by atoms with Gasteiger partial charge < -0.3 is 9.67 Å². The van der Waals surface area contributed by atoms with Gasteiger partial charge in [0.15, 0.2) is 0 Å². The second-order valence-electron chi connectivity index (χ2n) is 7.32. The van der Waals surface area contributed by atoms with E-state index in [4.69, 9.17) is 0 Å². The number of hydrogen-bond donors (Lipinski definition) is 1. The molecule has 1 unspecified atom stereocenters. The molecule has 2 aromatic carbocycles. The first-order chi connectivity index (χ1) is 12.6. The van der Waals surface area contributed by atoms with Gasteiger partial charge in [0.05, 0.1) is 6.04 Å². The van der Waals surface area contributed by atoms with Gasteiger partial charge in [-0.25, -0.2) is 0 Å². The van der Waals surface area contributed by atoms with E-state index in [9.17, 15) is 5.11 Å². The Labute approximate surface area is 155 Å². The predicted molar refractivity (Wildman–Crippen MR) is 105 cm³/mol. The van der Waals surface area contributed by atoms with Crippen molar-refractivity contribution in [2.75, 3.05) is 6.54 Å². The van der Waals surface area contributed by atoms with Crippen molar-refractivity contribution >= 4 is 0 Å². The lowest BCUT2D eigenvalue weighted by Gasteiger charge is -2.31. The number of phenolic OH excluding ortho intramolecular Hbond substituents is 1. The maximum Gasteiger partial charge on any atom is 0.115 e. The maximum absolute atomic E-state index is 10.1. The van der Waals surface area contributed by atoms with E-state index in [-0.39, 0.29) is 6.04 Å². The Morgan fingerprint density at radius 2 is 1.73 bits per heavy atom. The fourth-order valence-corrected chi connectivity index (χ4v) is 4.19. The SMILES string of the molecule is Cc1cccc(C)c1CN1CCCn2cccc2C1c1cccc(O)c1. The lowest BCUT2D eigenvalue weighted by Crippen LogP contribution is -2.30. The molecule has 4 rings (SSSR count). The summed E-state index contributed by atoms with van der Waals surface area (Å²) < 4.78 is 2.36. The molecule has 0 amide bonds. The number of benzene rings is 2. The van der Waals surface area contributed by atoms with Gasteiger partial charge in [-0.15, -0.1) is 0 Å². The van der Waals surface area contributed by atoms with Crippen LogP contribution in [0, 0.1) is 13.8 Å². The van der Waals surface area contributed by atoms with Gasteiger partial charge in [0.1, 0.15) is 5.75 Å². The van der Waals surface area contributed by atoms with E-state index in [2.05, 4.69) is 65.9 Å². The molecule has 1 aliphatic rings. The van der Waals surface area contributed by atoms with Gasteiger partial charge >= 0.3 is 0 Å². The minimum atomic E-state index is 0.151. The van der Waals surface area contributed by atoms with Crippen molar-refractivity contribution in [2.45, 2.75) is 39.4 Å². The van der Waals surface area contributed by atoms with E-state index < -0.39 is 0 Å². The summed E-state index contributed by atoms with van der Waals surface area (Å²) in [6.07, 6.45) is 3.30. The molecule has 1 aromatic heterocycles. The molecule has 2 heterocycles. The molecule has 3 heteroatoms. The number of aromatic hydroxyl groups is 1. The van der Waals surface area contributed by atoms with Gasteiger partial charge in [0, 0.05) is 31.5 Å². The normalized spacial score (nSPS) is 17.7. The zero-order chi connectivity index (χ0) is 18.1. The Bertz CT molecular complexity index is 892. The van der Waals surface area contributed by atoms with E-state index in [0.717, 1.165) is 31.6 Å². The molecule has 0 radical (unpaired) electrons. The second kappa shape index (κ2) is 7.00. The Morgan fingerprint density at radius 1 is 0.962 bits per heavy atom. The standard InChI is InChI=1S/C23H26N2O/c1-17-7-3-8-18(2)21(17)16-25-14-6-13-24-12-5-11-22(24)23(25)19-9-4-10-20(26)15-19/h3-5,7-12,15,23,26H,6,13-14,16H2,1-2H3. The average Bonchev–Trinajstić information content (AvgIpc) is 2.99. The van der Waals surface area contributed by atoms with Crippen LogP contribution in [0.25, 0.3) is 0 Å². The number of phenols is 1. The van der Waals surface area contributed by atoms with Crippen LogP contribution in [-0.4, -0.2) is 21.1 Å². The second-order valence-corrected chi connectivity index (χ2v) is 7.32. The Kier molecular flexibility index (Phi) is 4.56. The molecule has 0 spiro atoms. The van der Waals surface area contributed by atoms with Crippen molar-refractivity contribution in [3.63, 3.8) is 0 Å². The van der Waals surface area contributed by atoms with E-state index in [1.165, 1.54) is 22.4 Å². The summed E-state index contributed by atoms with van der Waals surface area (Å²) in [4.78, 5) is 2.56. The molecular weight excluding hydrogens is 320 g/mol. The fourth-order valence-electron chi connectivity index (χ4n) is 4.19. The molecule has 0 saturated carbocycles. The molecule has 0 saturated heterocycles. The highest BCUT2D eigenvalue weighted by atomic mass is 16.3. The number of nitrogens with zero attached hydrogens (tertiary/aromatic N) is 2. The van der Waals surface area contributed by atoms with Crippen molar-refractivity contribution in [3.05, 3.63) is 88.7 Å². The number of aromatic nitrogens is 1. The minimum absolute atomic E-state index is 0.151. The highest BCUT2D eigenvalue weighted by Crippen LogP contribution is 2.34. The van der Waals surface area contributed by atoms with Crippen molar-refractivity contribution in [2.24, 2.45) is 0 Å². The van der Waals surface area contributed by atoms with Gasteiger partial charge in [-0.2, -0.15) is 0 Å². The summed E-state index contributed by atoms with van der Waals surface area (Å²) in [6, 6.07) is 18.8. The average molecular weight is 346 g/mol. The van der Waals surface area contributed by atoms with Gasteiger partial charge in [0.2, 0.25) is 0 Å². The molecule has 0 bridgehead atoms. The van der Waals surface area contributed by atoms with Crippen LogP contribution in [0.1, 0.15) is 40.4 Å². The fraction of sp³-hybridized carbons (Fsp3) is 0.304. The number of fused-ring (bicyclic) bond motifs is 1. The predicted octanol–water partition coefficient (Wildman–Crippen LogP) is 4.81. The van der Waals surface area contributed by atoms with Crippen molar-refractivity contribution < 1.29 is 5.11 Å². The molecule has 134 valence electrons. The summed E-state index contributed by atoms with van der Waals surface area (Å²) in [7, 11) is 0. The highest BCUT2D eigenvalue weighted by Gasteiger charge is 2.28. The Hall–Kier alpha value is -2.52. The van der Waals surface area contributed by atoms with E-state index in [1.54, 1.807) is 6.07 Å². The molecule has 0 fully saturated rings. The molecule has 3 aromatic rings. The monoisotopic (exact) mass is 346 g/mol. The van der Waals surface area contributed by atoms with Crippen LogP contribution in [0.3, 0.4) is 0 Å². The third-order valence-electron chi connectivity index (χ3n) is 5.55. The van der Waals surface area contributed by atoms with Crippen molar-refractivity contribution in [1.29, 1.82) is 0 Å². The summed E-state index contributed by atoms with van der Waals surface area (Å²) in [6.45, 7) is 7.40. The first-order valence-electron chi connectivity index (χ1n) is 9.36. The lowest BCUT2D eigenvalue weighted by molar-refractivity contribution is 0.219. The summed E-state index contributed by atoms with van der Waals surface area (Å²) >= 11 is 0. The number of hydrogen-bond acceptors (Lipinski definition) is 2. The van der Waals surface area contributed by atoms with Crippen LogP contribution in [-0.2, 0) is 13.1 Å². The van der Waals surface area contributed by atoms with Crippen LogP contribution in [0.2, 0.25) is 0 Å². The third-order valence-corrected chi connectivity index (χ3v) is 5.55. The van der Waals surface area contributed by atoms with Crippen molar-refractivity contribution in [1.82, 2.24) is 9.47 Å². The minimum Gasteiger partial charge on any atom is -0.508 e. The van der Waals surface area contributed by atoms with Crippen LogP contribution in [0.4, 0.5) is 0 Å². The Balaban J connectivity index is 1.79. The van der Waals surface area contributed by atoms with E-state index in [1.807, 2.05) is 12.1 Å². The smallest absolute Gasteiger partial charge is 0.115 e.